The lowest BCUT2D eigenvalue weighted by Gasteiger charge is -2.29. The molecule has 1 radical (unpaired) electrons. The molecule has 0 N–H and O–H groups in total. The second-order valence-electron chi connectivity index (χ2n) is 5.24. The Bertz CT molecular complexity index is 882. The van der Waals surface area contributed by atoms with Crippen molar-refractivity contribution in [3.63, 3.8) is 0 Å². The van der Waals surface area contributed by atoms with Gasteiger partial charge < -0.3 is 4.57 Å². The summed E-state index contributed by atoms with van der Waals surface area (Å²) in [5.74, 6) is -0.0182. The predicted octanol–water partition coefficient (Wildman–Crippen LogP) is 0.345. The van der Waals surface area contributed by atoms with Crippen LogP contribution in [-0.2, 0) is 16.8 Å². The number of carbonyl (C=O) groups excluding carboxylic acids is 2. The number of rotatable bonds is 3. The number of aryl methyl sites for hydroxylation is 1. The monoisotopic (exact) mass is 295 g/mol. The van der Waals surface area contributed by atoms with E-state index >= 15 is 0 Å². The summed E-state index contributed by atoms with van der Waals surface area (Å²) in [6, 6.07) is 3.34. The summed E-state index contributed by atoms with van der Waals surface area (Å²) >= 11 is 0. The minimum Gasteiger partial charge on any atom is -0.316 e. The van der Waals surface area contributed by atoms with E-state index in [2.05, 4.69) is 20.3 Å². The molecule has 0 fully saturated rings. The number of nitrogens with zero attached hydrogens (tertiary/aromatic N) is 6. The van der Waals surface area contributed by atoms with Crippen molar-refractivity contribution < 1.29 is 9.59 Å². The van der Waals surface area contributed by atoms with E-state index in [0.29, 0.717) is 36.4 Å². The molecule has 0 saturated carbocycles. The van der Waals surface area contributed by atoms with Crippen molar-refractivity contribution in [1.82, 2.24) is 29.4 Å². The molecule has 1 unspecified atom stereocenters. The highest BCUT2D eigenvalue weighted by Gasteiger charge is 2.48. The zero-order valence-corrected chi connectivity index (χ0v) is 11.5. The fourth-order valence-corrected chi connectivity index (χ4v) is 2.99. The van der Waals surface area contributed by atoms with Crippen LogP contribution in [0.2, 0.25) is 0 Å². The molecule has 3 aromatic heterocycles. The summed E-state index contributed by atoms with van der Waals surface area (Å²) in [4.78, 5) is 29.0. The summed E-state index contributed by atoms with van der Waals surface area (Å²) in [7, 11) is 0. The average Bonchev–Trinajstić information content (AvgIpc) is 3.22. The van der Waals surface area contributed by atoms with Crippen molar-refractivity contribution >= 4 is 17.7 Å². The molecule has 4 heterocycles. The third-order valence-electron chi connectivity index (χ3n) is 4.06. The maximum absolute atomic E-state index is 13.1. The normalized spacial score (nSPS) is 20.7. The van der Waals surface area contributed by atoms with Gasteiger partial charge in [-0.05, 0) is 25.0 Å². The van der Waals surface area contributed by atoms with E-state index in [0.717, 1.165) is 0 Å². The van der Waals surface area contributed by atoms with E-state index in [4.69, 9.17) is 0 Å². The number of fused-ring (bicyclic) bond motifs is 2. The Morgan fingerprint density at radius 2 is 2.32 bits per heavy atom. The van der Waals surface area contributed by atoms with Crippen molar-refractivity contribution in [2.75, 3.05) is 0 Å². The molecule has 1 atom stereocenters. The van der Waals surface area contributed by atoms with E-state index < -0.39 is 5.41 Å². The lowest BCUT2D eigenvalue weighted by Crippen LogP contribution is -2.43. The molecule has 1 aliphatic rings. The predicted molar refractivity (Wildman–Crippen MR) is 73.9 cm³/mol. The number of aromatic nitrogens is 6. The van der Waals surface area contributed by atoms with Gasteiger partial charge in [-0.3, -0.25) is 9.59 Å². The van der Waals surface area contributed by atoms with Crippen molar-refractivity contribution in [3.05, 3.63) is 42.4 Å². The quantitative estimate of drug-likeness (QED) is 0.511. The first-order valence-electron chi connectivity index (χ1n) is 6.87. The van der Waals surface area contributed by atoms with Gasteiger partial charge in [0.2, 0.25) is 6.29 Å². The molecule has 109 valence electrons. The Kier molecular flexibility index (Phi) is 2.65. The second-order valence-corrected chi connectivity index (χ2v) is 5.24. The Labute approximate surface area is 124 Å². The Hall–Kier alpha value is -2.90. The number of carbonyl (C=O) groups is 1. The molecule has 0 spiro atoms. The Morgan fingerprint density at radius 3 is 3.18 bits per heavy atom. The maximum Gasteiger partial charge on any atom is 0.221 e. The zero-order valence-electron chi connectivity index (χ0n) is 11.5. The molecule has 22 heavy (non-hydrogen) atoms. The first-order valence-corrected chi connectivity index (χ1v) is 6.87. The molecular formula is C14H11N6O2. The molecule has 0 bridgehead atoms. The molecule has 0 saturated heterocycles. The first kappa shape index (κ1) is 12.8. The first-order chi connectivity index (χ1) is 10.8. The van der Waals surface area contributed by atoms with Gasteiger partial charge in [-0.2, -0.15) is 5.10 Å². The van der Waals surface area contributed by atoms with Crippen molar-refractivity contribution in [2.45, 2.75) is 24.8 Å². The molecule has 0 amide bonds. The summed E-state index contributed by atoms with van der Waals surface area (Å²) < 4.78 is 3.23. The van der Waals surface area contributed by atoms with Crippen LogP contribution in [0.5, 0.6) is 0 Å². The highest BCUT2D eigenvalue weighted by molar-refractivity contribution is 6.15. The second kappa shape index (κ2) is 4.55. The van der Waals surface area contributed by atoms with E-state index in [-0.39, 0.29) is 5.78 Å². The van der Waals surface area contributed by atoms with Gasteiger partial charge in [0.25, 0.3) is 0 Å². The SMILES string of the molecule is O=[C]C1(C(=O)c2cccn3ncnc23)CCCn2cnnc21. The Balaban J connectivity index is 1.92. The third-order valence-corrected chi connectivity index (χ3v) is 4.06. The van der Waals surface area contributed by atoms with Gasteiger partial charge in [0.05, 0.1) is 5.56 Å². The fourth-order valence-electron chi connectivity index (χ4n) is 2.99. The van der Waals surface area contributed by atoms with Gasteiger partial charge in [0, 0.05) is 12.7 Å². The molecule has 4 rings (SSSR count). The van der Waals surface area contributed by atoms with Crippen LogP contribution >= 0.6 is 0 Å². The summed E-state index contributed by atoms with van der Waals surface area (Å²) in [5.41, 5.74) is -0.679. The van der Waals surface area contributed by atoms with Crippen LogP contribution in [-0.4, -0.2) is 41.4 Å². The smallest absolute Gasteiger partial charge is 0.221 e. The van der Waals surface area contributed by atoms with Gasteiger partial charge in [-0.15, -0.1) is 10.2 Å². The maximum atomic E-state index is 13.1. The van der Waals surface area contributed by atoms with Gasteiger partial charge in [-0.25, -0.2) is 9.50 Å². The van der Waals surface area contributed by atoms with Crippen LogP contribution in [0.4, 0.5) is 0 Å². The number of Topliss-reactive ketones (excluding diaryl/α,β-unsaturated/α-hetero) is 1. The summed E-state index contributed by atoms with van der Waals surface area (Å²) in [5, 5.41) is 11.8. The van der Waals surface area contributed by atoms with Crippen LogP contribution in [0.15, 0.2) is 31.0 Å². The van der Waals surface area contributed by atoms with Crippen molar-refractivity contribution in [2.24, 2.45) is 0 Å². The molecule has 0 aromatic carbocycles. The van der Waals surface area contributed by atoms with Gasteiger partial charge in [0.15, 0.2) is 22.7 Å². The molecule has 3 aromatic rings. The van der Waals surface area contributed by atoms with Crippen molar-refractivity contribution in [3.8, 4) is 0 Å². The van der Waals surface area contributed by atoms with Gasteiger partial charge in [-0.1, -0.05) is 0 Å². The topological polar surface area (TPSA) is 95.0 Å². The highest BCUT2D eigenvalue weighted by atomic mass is 16.1. The number of hydrogen-bond acceptors (Lipinski definition) is 6. The van der Waals surface area contributed by atoms with E-state index in [9.17, 15) is 9.59 Å². The fraction of sp³-hybridized carbons (Fsp3) is 0.286. The zero-order chi connectivity index (χ0) is 15.2. The summed E-state index contributed by atoms with van der Waals surface area (Å²) in [6.45, 7) is 0.689. The Morgan fingerprint density at radius 1 is 1.41 bits per heavy atom. The highest BCUT2D eigenvalue weighted by Crippen LogP contribution is 2.34. The van der Waals surface area contributed by atoms with Crippen molar-refractivity contribution in [1.29, 1.82) is 0 Å². The average molecular weight is 295 g/mol. The molecule has 8 nitrogen and oxygen atoms in total. The van der Waals surface area contributed by atoms with Crippen LogP contribution in [0, 0.1) is 0 Å². The third kappa shape index (κ3) is 1.57. The lowest BCUT2D eigenvalue weighted by atomic mass is 9.75. The number of ketones is 1. The molecule has 1 aliphatic heterocycles. The van der Waals surface area contributed by atoms with E-state index in [1.54, 1.807) is 22.9 Å². The van der Waals surface area contributed by atoms with E-state index in [1.165, 1.54) is 17.2 Å². The lowest BCUT2D eigenvalue weighted by molar-refractivity contribution is 0.0902. The standard InChI is InChI=1S/C14H11N6O2/c21-7-14(4-2-5-19-9-16-18-13(14)19)11(22)10-3-1-6-20-12(10)15-8-17-20/h1,3,6,8-9H,2,4-5H2. The number of pyridine rings is 1. The van der Waals surface area contributed by atoms with E-state index in [1.807, 2.05) is 6.29 Å². The molecule has 0 aliphatic carbocycles. The molecular weight excluding hydrogens is 284 g/mol. The van der Waals surface area contributed by atoms with Crippen LogP contribution in [0.1, 0.15) is 29.0 Å². The molecule has 8 heteroatoms. The van der Waals surface area contributed by atoms with Crippen LogP contribution in [0.25, 0.3) is 5.65 Å². The largest absolute Gasteiger partial charge is 0.316 e. The van der Waals surface area contributed by atoms with Gasteiger partial charge >= 0.3 is 0 Å². The van der Waals surface area contributed by atoms with Gasteiger partial charge in [0.1, 0.15) is 12.7 Å². The number of hydrogen-bond donors (Lipinski definition) is 0. The summed E-state index contributed by atoms with van der Waals surface area (Å²) in [6.07, 6.45) is 7.58. The van der Waals surface area contributed by atoms with Crippen LogP contribution < -0.4 is 0 Å². The minimum atomic E-state index is -1.43. The van der Waals surface area contributed by atoms with Crippen LogP contribution in [0.3, 0.4) is 0 Å². The minimum absolute atomic E-state index is 0.333.